The van der Waals surface area contributed by atoms with Gasteiger partial charge in [-0.25, -0.2) is 9.98 Å². The lowest BCUT2D eigenvalue weighted by molar-refractivity contribution is 0.355. The van der Waals surface area contributed by atoms with Crippen molar-refractivity contribution >= 4 is 22.4 Å². The van der Waals surface area contributed by atoms with E-state index >= 15 is 0 Å². The van der Waals surface area contributed by atoms with E-state index < -0.39 is 0 Å². The Labute approximate surface area is 181 Å². The third kappa shape index (κ3) is 5.61. The molecular weight excluding hydrogens is 394 g/mol. The molecule has 0 aliphatic rings. The fraction of sp³-hybridized carbons (Fsp3) is 0.348. The highest BCUT2D eigenvalue weighted by Crippen LogP contribution is 2.29. The minimum Gasteiger partial charge on any atom is -0.493 e. The predicted molar refractivity (Wildman–Crippen MR) is 124 cm³/mol. The van der Waals surface area contributed by atoms with Crippen molar-refractivity contribution in [2.24, 2.45) is 4.99 Å². The molecule has 1 heterocycles. The minimum absolute atomic E-state index is 0.204. The van der Waals surface area contributed by atoms with Crippen LogP contribution < -0.4 is 20.3 Å². The molecule has 1 aromatic heterocycles. The second-order valence-corrected chi connectivity index (χ2v) is 7.39. The number of fused-ring (bicyclic) bond motifs is 1. The number of methoxy groups -OCH3 is 2. The Hall–Kier alpha value is -3.39. The predicted octanol–water partition coefficient (Wildman–Crippen LogP) is 2.88. The third-order valence-electron chi connectivity index (χ3n) is 4.99. The quantitative estimate of drug-likeness (QED) is 0.329. The van der Waals surface area contributed by atoms with Crippen molar-refractivity contribution in [1.29, 1.82) is 0 Å². The maximum Gasteiger partial charge on any atom is 0.258 e. The lowest BCUT2D eigenvalue weighted by Gasteiger charge is -2.11. The number of hydrogen-bond donors (Lipinski definition) is 2. The fourth-order valence-electron chi connectivity index (χ4n) is 3.11. The van der Waals surface area contributed by atoms with Crippen LogP contribution in [-0.4, -0.2) is 55.6 Å². The molecule has 0 fully saturated rings. The molecule has 2 aromatic carbocycles. The van der Waals surface area contributed by atoms with Crippen LogP contribution in [0.15, 0.2) is 46.2 Å². The molecule has 0 bridgehead atoms. The topological polar surface area (TPSA) is 91.8 Å². The van der Waals surface area contributed by atoms with E-state index in [-0.39, 0.29) is 5.56 Å². The average Bonchev–Trinajstić information content (AvgIpc) is 2.76. The SMILES string of the molecule is COc1cc2nc(CNCCc3cccc(N=C(C)N(C)C)c3)[nH]c(=O)c2cc1OC. The molecule has 0 radical (unpaired) electrons. The first-order valence-corrected chi connectivity index (χ1v) is 10.1. The Morgan fingerprint density at radius 1 is 1.16 bits per heavy atom. The van der Waals surface area contributed by atoms with Crippen molar-refractivity contribution in [1.82, 2.24) is 20.2 Å². The first-order chi connectivity index (χ1) is 14.9. The van der Waals surface area contributed by atoms with Crippen molar-refractivity contribution in [2.45, 2.75) is 19.9 Å². The molecule has 0 aliphatic heterocycles. The van der Waals surface area contributed by atoms with Gasteiger partial charge in [-0.1, -0.05) is 12.1 Å². The number of aromatic nitrogens is 2. The largest absolute Gasteiger partial charge is 0.493 e. The van der Waals surface area contributed by atoms with Gasteiger partial charge < -0.3 is 24.7 Å². The molecule has 0 aliphatic carbocycles. The molecule has 164 valence electrons. The summed E-state index contributed by atoms with van der Waals surface area (Å²) >= 11 is 0. The number of nitrogens with one attached hydrogen (secondary N) is 2. The Bertz CT molecular complexity index is 1140. The summed E-state index contributed by atoms with van der Waals surface area (Å²) < 4.78 is 10.6. The van der Waals surface area contributed by atoms with Gasteiger partial charge in [-0.05, 0) is 43.7 Å². The molecule has 3 rings (SSSR count). The Morgan fingerprint density at radius 2 is 1.90 bits per heavy atom. The smallest absolute Gasteiger partial charge is 0.258 e. The van der Waals surface area contributed by atoms with E-state index in [0.717, 1.165) is 24.5 Å². The normalized spacial score (nSPS) is 11.6. The molecular formula is C23H29N5O3. The molecule has 0 atom stereocenters. The van der Waals surface area contributed by atoms with Crippen LogP contribution >= 0.6 is 0 Å². The van der Waals surface area contributed by atoms with E-state index in [1.54, 1.807) is 19.2 Å². The van der Waals surface area contributed by atoms with Crippen molar-refractivity contribution in [3.63, 3.8) is 0 Å². The van der Waals surface area contributed by atoms with E-state index in [1.807, 2.05) is 38.1 Å². The summed E-state index contributed by atoms with van der Waals surface area (Å²) in [5.74, 6) is 2.57. The third-order valence-corrected chi connectivity index (χ3v) is 4.99. The second kappa shape index (κ2) is 10.1. The van der Waals surface area contributed by atoms with Gasteiger partial charge in [-0.3, -0.25) is 4.79 Å². The number of H-pyrrole nitrogens is 1. The van der Waals surface area contributed by atoms with Crippen molar-refractivity contribution in [2.75, 3.05) is 34.9 Å². The van der Waals surface area contributed by atoms with Gasteiger partial charge in [0.05, 0.1) is 37.4 Å². The van der Waals surface area contributed by atoms with E-state index in [0.29, 0.717) is 34.8 Å². The van der Waals surface area contributed by atoms with Gasteiger partial charge in [0.1, 0.15) is 11.7 Å². The van der Waals surface area contributed by atoms with Gasteiger partial charge in [-0.2, -0.15) is 0 Å². The Balaban J connectivity index is 1.65. The van der Waals surface area contributed by atoms with Gasteiger partial charge in [0.25, 0.3) is 5.56 Å². The number of ether oxygens (including phenoxy) is 2. The van der Waals surface area contributed by atoms with E-state index in [9.17, 15) is 4.79 Å². The van der Waals surface area contributed by atoms with Crippen LogP contribution in [0.2, 0.25) is 0 Å². The Morgan fingerprint density at radius 3 is 2.61 bits per heavy atom. The van der Waals surface area contributed by atoms with Crippen LogP contribution in [0.3, 0.4) is 0 Å². The van der Waals surface area contributed by atoms with Crippen molar-refractivity contribution < 1.29 is 9.47 Å². The standard InChI is InChI=1S/C23H29N5O3/c1-15(28(2)3)25-17-8-6-7-16(11-17)9-10-24-14-22-26-19-13-21(31-5)20(30-4)12-18(19)23(29)27-22/h6-8,11-13,24H,9-10,14H2,1-5H3,(H,26,27,29). The van der Waals surface area contributed by atoms with Crippen LogP contribution in [0.1, 0.15) is 18.3 Å². The summed E-state index contributed by atoms with van der Waals surface area (Å²) in [6, 6.07) is 11.5. The molecule has 8 heteroatoms. The number of amidine groups is 1. The second-order valence-electron chi connectivity index (χ2n) is 7.39. The van der Waals surface area contributed by atoms with Crippen LogP contribution in [0.4, 0.5) is 5.69 Å². The monoisotopic (exact) mass is 423 g/mol. The van der Waals surface area contributed by atoms with Crippen LogP contribution in [0.5, 0.6) is 11.5 Å². The van der Waals surface area contributed by atoms with Gasteiger partial charge in [0, 0.05) is 20.2 Å². The molecule has 8 nitrogen and oxygen atoms in total. The van der Waals surface area contributed by atoms with Crippen LogP contribution in [-0.2, 0) is 13.0 Å². The number of hydrogen-bond acceptors (Lipinski definition) is 6. The highest BCUT2D eigenvalue weighted by molar-refractivity contribution is 5.82. The summed E-state index contributed by atoms with van der Waals surface area (Å²) in [4.78, 5) is 26.4. The number of benzene rings is 2. The number of aromatic amines is 1. The fourth-order valence-corrected chi connectivity index (χ4v) is 3.11. The average molecular weight is 424 g/mol. The summed E-state index contributed by atoms with van der Waals surface area (Å²) in [5, 5.41) is 3.80. The summed E-state index contributed by atoms with van der Waals surface area (Å²) in [6.45, 7) is 3.18. The zero-order valence-corrected chi connectivity index (χ0v) is 18.7. The van der Waals surface area contributed by atoms with Crippen molar-refractivity contribution in [3.05, 3.63) is 58.1 Å². The first-order valence-electron chi connectivity index (χ1n) is 10.1. The molecule has 31 heavy (non-hydrogen) atoms. The number of rotatable bonds is 8. The van der Waals surface area contributed by atoms with E-state index in [4.69, 9.17) is 9.47 Å². The summed E-state index contributed by atoms with van der Waals surface area (Å²) in [5.41, 5.74) is 2.50. The molecule has 0 saturated carbocycles. The lowest BCUT2D eigenvalue weighted by Crippen LogP contribution is -2.21. The van der Waals surface area contributed by atoms with Crippen LogP contribution in [0.25, 0.3) is 10.9 Å². The molecule has 2 N–H and O–H groups in total. The van der Waals surface area contributed by atoms with E-state index in [1.165, 1.54) is 12.7 Å². The zero-order valence-electron chi connectivity index (χ0n) is 18.7. The van der Waals surface area contributed by atoms with Crippen molar-refractivity contribution in [3.8, 4) is 11.5 Å². The molecule has 0 spiro atoms. The van der Waals surface area contributed by atoms with E-state index in [2.05, 4.69) is 32.4 Å². The molecule has 0 unspecified atom stereocenters. The summed E-state index contributed by atoms with van der Waals surface area (Å²) in [7, 11) is 7.05. The molecule has 0 saturated heterocycles. The van der Waals surface area contributed by atoms with Crippen LogP contribution in [0, 0.1) is 0 Å². The highest BCUT2D eigenvalue weighted by Gasteiger charge is 2.11. The van der Waals surface area contributed by atoms with Gasteiger partial charge in [-0.15, -0.1) is 0 Å². The minimum atomic E-state index is -0.204. The van der Waals surface area contributed by atoms with Gasteiger partial charge in [0.15, 0.2) is 11.5 Å². The lowest BCUT2D eigenvalue weighted by atomic mass is 10.1. The molecule has 0 amide bonds. The molecule has 3 aromatic rings. The maximum atomic E-state index is 12.5. The number of aliphatic imine (C=N–C) groups is 1. The zero-order chi connectivity index (χ0) is 22.4. The maximum absolute atomic E-state index is 12.5. The van der Waals surface area contributed by atoms with Gasteiger partial charge in [0.2, 0.25) is 0 Å². The number of nitrogens with zero attached hydrogens (tertiary/aromatic N) is 3. The van der Waals surface area contributed by atoms with Gasteiger partial charge >= 0.3 is 0 Å². The Kier molecular flexibility index (Phi) is 7.25. The highest BCUT2D eigenvalue weighted by atomic mass is 16.5. The summed E-state index contributed by atoms with van der Waals surface area (Å²) in [6.07, 6.45) is 0.840. The first kappa shape index (κ1) is 22.3.